The van der Waals surface area contributed by atoms with E-state index in [1.54, 1.807) is 16.7 Å². The van der Waals surface area contributed by atoms with E-state index in [4.69, 9.17) is 10.2 Å². The number of hydrogen-bond donors (Lipinski definition) is 1. The highest BCUT2D eigenvalue weighted by molar-refractivity contribution is 7.99. The molecular formula is C15H13FN2O2S. The Morgan fingerprint density at radius 1 is 1.24 bits per heavy atom. The van der Waals surface area contributed by atoms with E-state index in [1.807, 2.05) is 18.2 Å². The number of nitrogen functional groups attached to an aromatic ring is 1. The Hall–Kier alpha value is -2.21. The standard InChI is InChI=1S/C15H13FN2O2S/c16-10-5-6-14(11(17)9-10)21-8-7-18-12-3-1-2-4-13(12)20-15(18)19/h1-6,9H,7-8,17H2. The quantitative estimate of drug-likeness (QED) is 0.594. The number of nitrogens with zero attached hydrogens (tertiary/aromatic N) is 1. The maximum Gasteiger partial charge on any atom is 0.419 e. The number of oxazole rings is 1. The first kappa shape index (κ1) is 13.8. The van der Waals surface area contributed by atoms with Crippen molar-refractivity contribution < 1.29 is 8.81 Å². The van der Waals surface area contributed by atoms with Gasteiger partial charge in [-0.15, -0.1) is 11.8 Å². The lowest BCUT2D eigenvalue weighted by Crippen LogP contribution is -2.15. The zero-order valence-corrected chi connectivity index (χ0v) is 11.9. The van der Waals surface area contributed by atoms with Gasteiger partial charge in [0.25, 0.3) is 0 Å². The lowest BCUT2D eigenvalue weighted by atomic mass is 10.3. The van der Waals surface area contributed by atoms with E-state index in [9.17, 15) is 9.18 Å². The van der Waals surface area contributed by atoms with E-state index in [0.29, 0.717) is 23.6 Å². The third kappa shape index (κ3) is 2.80. The number of aryl methyl sites for hydroxylation is 1. The van der Waals surface area contributed by atoms with Gasteiger partial charge in [-0.25, -0.2) is 9.18 Å². The van der Waals surface area contributed by atoms with Crippen molar-refractivity contribution in [2.75, 3.05) is 11.5 Å². The van der Waals surface area contributed by atoms with Crippen molar-refractivity contribution in [2.45, 2.75) is 11.4 Å². The maximum absolute atomic E-state index is 13.0. The van der Waals surface area contributed by atoms with Crippen LogP contribution in [0.4, 0.5) is 10.1 Å². The largest absolute Gasteiger partial charge is 0.419 e. The lowest BCUT2D eigenvalue weighted by molar-refractivity contribution is 0.514. The van der Waals surface area contributed by atoms with Crippen LogP contribution in [0.25, 0.3) is 11.1 Å². The summed E-state index contributed by atoms with van der Waals surface area (Å²) in [4.78, 5) is 12.6. The molecule has 0 aliphatic heterocycles. The molecule has 0 bridgehead atoms. The SMILES string of the molecule is Nc1cc(F)ccc1SCCn1c(=O)oc2ccccc21. The second kappa shape index (κ2) is 5.65. The van der Waals surface area contributed by atoms with Gasteiger partial charge in [0.05, 0.1) is 5.52 Å². The number of benzene rings is 2. The third-order valence-corrected chi connectivity index (χ3v) is 4.19. The molecule has 0 atom stereocenters. The molecule has 1 aromatic heterocycles. The summed E-state index contributed by atoms with van der Waals surface area (Å²) >= 11 is 1.48. The van der Waals surface area contributed by atoms with Gasteiger partial charge in [0.1, 0.15) is 5.82 Å². The van der Waals surface area contributed by atoms with Crippen molar-refractivity contribution in [1.29, 1.82) is 0 Å². The van der Waals surface area contributed by atoms with Crippen LogP contribution in [-0.4, -0.2) is 10.3 Å². The van der Waals surface area contributed by atoms with E-state index >= 15 is 0 Å². The van der Waals surface area contributed by atoms with Crippen molar-refractivity contribution in [1.82, 2.24) is 4.57 Å². The van der Waals surface area contributed by atoms with Crippen molar-refractivity contribution in [3.8, 4) is 0 Å². The van der Waals surface area contributed by atoms with Crippen molar-refractivity contribution >= 4 is 28.5 Å². The summed E-state index contributed by atoms with van der Waals surface area (Å²) in [5.74, 6) is -0.0861. The van der Waals surface area contributed by atoms with Gasteiger partial charge in [0.15, 0.2) is 5.58 Å². The first-order valence-corrected chi connectivity index (χ1v) is 7.40. The molecule has 1 heterocycles. The fourth-order valence-corrected chi connectivity index (χ4v) is 3.01. The van der Waals surface area contributed by atoms with Gasteiger partial charge in [-0.05, 0) is 30.3 Å². The summed E-state index contributed by atoms with van der Waals surface area (Å²) in [5.41, 5.74) is 7.51. The summed E-state index contributed by atoms with van der Waals surface area (Å²) < 4.78 is 19.7. The van der Waals surface area contributed by atoms with Gasteiger partial charge in [-0.2, -0.15) is 0 Å². The molecule has 108 valence electrons. The second-order valence-corrected chi connectivity index (χ2v) is 5.65. The van der Waals surface area contributed by atoms with E-state index in [1.165, 1.54) is 23.9 Å². The highest BCUT2D eigenvalue weighted by Gasteiger charge is 2.08. The minimum atomic E-state index is -0.371. The Balaban J connectivity index is 1.75. The van der Waals surface area contributed by atoms with E-state index in [0.717, 1.165) is 10.4 Å². The smallest absolute Gasteiger partial charge is 0.408 e. The number of para-hydroxylation sites is 2. The molecule has 0 unspecified atom stereocenters. The van der Waals surface area contributed by atoms with Gasteiger partial charge < -0.3 is 10.2 Å². The number of anilines is 1. The molecule has 0 saturated carbocycles. The molecule has 0 aliphatic rings. The Bertz CT molecular complexity index is 841. The zero-order valence-electron chi connectivity index (χ0n) is 11.1. The second-order valence-electron chi connectivity index (χ2n) is 4.52. The monoisotopic (exact) mass is 304 g/mol. The Morgan fingerprint density at radius 2 is 2.05 bits per heavy atom. The number of thioether (sulfide) groups is 1. The van der Waals surface area contributed by atoms with E-state index < -0.39 is 0 Å². The summed E-state index contributed by atoms with van der Waals surface area (Å²) in [6.07, 6.45) is 0. The zero-order chi connectivity index (χ0) is 14.8. The summed E-state index contributed by atoms with van der Waals surface area (Å²) in [6.45, 7) is 0.497. The molecule has 0 saturated heterocycles. The van der Waals surface area contributed by atoms with Crippen molar-refractivity contribution in [2.24, 2.45) is 0 Å². The van der Waals surface area contributed by atoms with E-state index in [2.05, 4.69) is 0 Å². The maximum atomic E-state index is 13.0. The molecule has 0 fully saturated rings. The third-order valence-electron chi connectivity index (χ3n) is 3.12. The van der Waals surface area contributed by atoms with Gasteiger partial charge in [-0.3, -0.25) is 4.57 Å². The molecule has 2 N–H and O–H groups in total. The highest BCUT2D eigenvalue weighted by Crippen LogP contribution is 2.25. The van der Waals surface area contributed by atoms with Crippen LogP contribution in [0.2, 0.25) is 0 Å². The van der Waals surface area contributed by atoms with Gasteiger partial charge in [-0.1, -0.05) is 12.1 Å². The number of nitrogens with two attached hydrogens (primary N) is 1. The van der Waals surface area contributed by atoms with Crippen LogP contribution in [0.3, 0.4) is 0 Å². The Kier molecular flexibility index (Phi) is 3.70. The lowest BCUT2D eigenvalue weighted by Gasteiger charge is -2.06. The molecule has 4 nitrogen and oxygen atoms in total. The molecule has 0 amide bonds. The van der Waals surface area contributed by atoms with Gasteiger partial charge >= 0.3 is 5.76 Å². The highest BCUT2D eigenvalue weighted by atomic mass is 32.2. The Labute approximate surface area is 124 Å². The molecule has 6 heteroatoms. The minimum absolute atomic E-state index is 0.353. The predicted octanol–water partition coefficient (Wildman–Crippen LogP) is 3.11. The van der Waals surface area contributed by atoms with E-state index in [-0.39, 0.29) is 11.6 Å². The number of halogens is 1. The average Bonchev–Trinajstić information content (AvgIpc) is 2.77. The average molecular weight is 304 g/mol. The van der Waals surface area contributed by atoms with Crippen LogP contribution in [-0.2, 0) is 6.54 Å². The molecule has 21 heavy (non-hydrogen) atoms. The predicted molar refractivity (Wildman–Crippen MR) is 82.0 cm³/mol. The van der Waals surface area contributed by atoms with Gasteiger partial charge in [0.2, 0.25) is 0 Å². The number of aromatic nitrogens is 1. The first-order valence-electron chi connectivity index (χ1n) is 6.41. The normalized spacial score (nSPS) is 11.1. The summed E-state index contributed by atoms with van der Waals surface area (Å²) in [7, 11) is 0. The molecule has 3 rings (SSSR count). The summed E-state index contributed by atoms with van der Waals surface area (Å²) in [6, 6.07) is 11.6. The molecule has 3 aromatic rings. The van der Waals surface area contributed by atoms with Gasteiger partial charge in [0, 0.05) is 22.9 Å². The molecule has 0 spiro atoms. The number of hydrogen-bond acceptors (Lipinski definition) is 4. The minimum Gasteiger partial charge on any atom is -0.408 e. The summed E-state index contributed by atoms with van der Waals surface area (Å²) in [5, 5.41) is 0. The van der Waals surface area contributed by atoms with Crippen LogP contribution in [0.15, 0.2) is 56.6 Å². The molecule has 2 aromatic carbocycles. The van der Waals surface area contributed by atoms with Crippen LogP contribution < -0.4 is 11.5 Å². The van der Waals surface area contributed by atoms with Crippen LogP contribution in [0.5, 0.6) is 0 Å². The number of fused-ring (bicyclic) bond motifs is 1. The fraction of sp³-hybridized carbons (Fsp3) is 0.133. The first-order chi connectivity index (χ1) is 10.1. The molecule has 0 radical (unpaired) electrons. The molecular weight excluding hydrogens is 291 g/mol. The molecule has 0 aliphatic carbocycles. The Morgan fingerprint density at radius 3 is 2.86 bits per heavy atom. The topological polar surface area (TPSA) is 61.2 Å². The van der Waals surface area contributed by atoms with Crippen LogP contribution in [0.1, 0.15) is 0 Å². The van der Waals surface area contributed by atoms with Crippen molar-refractivity contribution in [3.05, 3.63) is 58.8 Å². The van der Waals surface area contributed by atoms with Crippen LogP contribution >= 0.6 is 11.8 Å². The number of rotatable bonds is 4. The van der Waals surface area contributed by atoms with Crippen LogP contribution in [0, 0.1) is 5.82 Å². The van der Waals surface area contributed by atoms with Crippen molar-refractivity contribution in [3.63, 3.8) is 0 Å². The fourth-order valence-electron chi connectivity index (χ4n) is 2.12.